The normalized spacial score (nSPS) is 11.3. The van der Waals surface area contributed by atoms with Gasteiger partial charge in [-0.1, -0.05) is 18.2 Å². The topological polar surface area (TPSA) is 84.5 Å². The van der Waals surface area contributed by atoms with Crippen LogP contribution in [0.4, 0.5) is 10.1 Å². The van der Waals surface area contributed by atoms with Crippen molar-refractivity contribution < 1.29 is 23.5 Å². The van der Waals surface area contributed by atoms with Crippen LogP contribution in [0.1, 0.15) is 17.3 Å². The standard InChI is InChI=1S/C18H17FN2O4/c1-12(17(23)21-15-5-3-2-4-6-15)25-16(22)11-20-18(24)13-7-9-14(19)10-8-13/h2-10,12H,11H2,1H3,(H,20,24)(H,21,23)/t12-/m1/s1. The maximum atomic E-state index is 12.8. The fraction of sp³-hybridized carbons (Fsp3) is 0.167. The molecule has 2 rings (SSSR count). The zero-order valence-electron chi connectivity index (χ0n) is 13.5. The van der Waals surface area contributed by atoms with Crippen molar-refractivity contribution in [2.24, 2.45) is 0 Å². The quantitative estimate of drug-likeness (QED) is 0.786. The van der Waals surface area contributed by atoms with Gasteiger partial charge in [-0.2, -0.15) is 0 Å². The third kappa shape index (κ3) is 5.72. The Morgan fingerprint density at radius 2 is 1.68 bits per heavy atom. The van der Waals surface area contributed by atoms with Gasteiger partial charge in [0.05, 0.1) is 0 Å². The van der Waals surface area contributed by atoms with Gasteiger partial charge in [-0.25, -0.2) is 4.39 Å². The summed E-state index contributed by atoms with van der Waals surface area (Å²) >= 11 is 0. The molecule has 2 N–H and O–H groups in total. The summed E-state index contributed by atoms with van der Waals surface area (Å²) in [6, 6.07) is 13.6. The number of nitrogens with one attached hydrogen (secondary N) is 2. The second-order valence-electron chi connectivity index (χ2n) is 5.18. The van der Waals surface area contributed by atoms with Crippen molar-refractivity contribution >= 4 is 23.5 Å². The molecule has 0 heterocycles. The summed E-state index contributed by atoms with van der Waals surface area (Å²) in [4.78, 5) is 35.5. The van der Waals surface area contributed by atoms with Crippen LogP contribution in [0, 0.1) is 5.82 Å². The highest BCUT2D eigenvalue weighted by atomic mass is 19.1. The summed E-state index contributed by atoms with van der Waals surface area (Å²) in [5, 5.41) is 4.95. The zero-order chi connectivity index (χ0) is 18.2. The predicted octanol–water partition coefficient (Wildman–Crippen LogP) is 2.13. The Kier molecular flexibility index (Phi) is 6.22. The van der Waals surface area contributed by atoms with Gasteiger partial charge in [-0.3, -0.25) is 14.4 Å². The second kappa shape index (κ2) is 8.58. The molecule has 0 unspecified atom stereocenters. The molecule has 0 saturated heterocycles. The molecule has 0 aliphatic rings. The van der Waals surface area contributed by atoms with Gasteiger partial charge in [0.2, 0.25) is 0 Å². The molecule has 130 valence electrons. The Balaban J connectivity index is 1.78. The summed E-state index contributed by atoms with van der Waals surface area (Å²) in [5.41, 5.74) is 0.795. The van der Waals surface area contributed by atoms with Crippen molar-refractivity contribution in [2.75, 3.05) is 11.9 Å². The number of ether oxygens (including phenoxy) is 1. The molecule has 6 nitrogen and oxygen atoms in total. The molecule has 25 heavy (non-hydrogen) atoms. The molecule has 1 atom stereocenters. The average Bonchev–Trinajstić information content (AvgIpc) is 2.61. The highest BCUT2D eigenvalue weighted by Crippen LogP contribution is 2.07. The van der Waals surface area contributed by atoms with Crippen LogP contribution < -0.4 is 10.6 Å². The van der Waals surface area contributed by atoms with Gasteiger partial charge in [0.1, 0.15) is 12.4 Å². The fourth-order valence-electron chi connectivity index (χ4n) is 1.91. The third-order valence-electron chi connectivity index (χ3n) is 3.22. The lowest BCUT2D eigenvalue weighted by Crippen LogP contribution is -2.35. The van der Waals surface area contributed by atoms with E-state index in [1.165, 1.54) is 19.1 Å². The van der Waals surface area contributed by atoms with Crippen LogP contribution in [-0.2, 0) is 14.3 Å². The Morgan fingerprint density at radius 1 is 1.04 bits per heavy atom. The molecule has 0 aliphatic heterocycles. The van der Waals surface area contributed by atoms with Crippen LogP contribution in [0.3, 0.4) is 0 Å². The Morgan fingerprint density at radius 3 is 2.32 bits per heavy atom. The van der Waals surface area contributed by atoms with Crippen LogP contribution >= 0.6 is 0 Å². The molecule has 0 radical (unpaired) electrons. The lowest BCUT2D eigenvalue weighted by atomic mass is 10.2. The van der Waals surface area contributed by atoms with Crippen molar-refractivity contribution in [3.63, 3.8) is 0 Å². The summed E-state index contributed by atoms with van der Waals surface area (Å²) in [6.45, 7) is 1.02. The van der Waals surface area contributed by atoms with E-state index in [2.05, 4.69) is 10.6 Å². The minimum atomic E-state index is -1.02. The minimum Gasteiger partial charge on any atom is -0.451 e. The lowest BCUT2D eigenvalue weighted by molar-refractivity contribution is -0.152. The summed E-state index contributed by atoms with van der Waals surface area (Å²) < 4.78 is 17.8. The first-order valence-electron chi connectivity index (χ1n) is 7.55. The van der Waals surface area contributed by atoms with E-state index in [1.54, 1.807) is 24.3 Å². The maximum Gasteiger partial charge on any atom is 0.326 e. The Hall–Kier alpha value is -3.22. The highest BCUT2D eigenvalue weighted by Gasteiger charge is 2.18. The fourth-order valence-corrected chi connectivity index (χ4v) is 1.91. The molecule has 0 aromatic heterocycles. The van der Waals surface area contributed by atoms with Crippen LogP contribution in [-0.4, -0.2) is 30.4 Å². The van der Waals surface area contributed by atoms with Gasteiger partial charge in [0.15, 0.2) is 6.10 Å². The minimum absolute atomic E-state index is 0.212. The van der Waals surface area contributed by atoms with E-state index in [9.17, 15) is 18.8 Å². The highest BCUT2D eigenvalue weighted by molar-refractivity contribution is 5.97. The van der Waals surface area contributed by atoms with E-state index in [4.69, 9.17) is 4.74 Å². The third-order valence-corrected chi connectivity index (χ3v) is 3.22. The van der Waals surface area contributed by atoms with Crippen molar-refractivity contribution in [1.29, 1.82) is 0 Å². The van der Waals surface area contributed by atoms with Crippen molar-refractivity contribution in [1.82, 2.24) is 5.32 Å². The first-order valence-corrected chi connectivity index (χ1v) is 7.55. The number of anilines is 1. The van der Waals surface area contributed by atoms with Crippen molar-refractivity contribution in [3.8, 4) is 0 Å². The van der Waals surface area contributed by atoms with Gasteiger partial charge in [-0.15, -0.1) is 0 Å². The van der Waals surface area contributed by atoms with E-state index in [0.717, 1.165) is 12.1 Å². The van der Waals surface area contributed by atoms with Crippen LogP contribution in [0.25, 0.3) is 0 Å². The van der Waals surface area contributed by atoms with Gasteiger partial charge in [-0.05, 0) is 43.3 Å². The van der Waals surface area contributed by atoms with E-state index in [0.29, 0.717) is 5.69 Å². The summed E-state index contributed by atoms with van der Waals surface area (Å²) in [6.07, 6.45) is -1.02. The largest absolute Gasteiger partial charge is 0.451 e. The number of halogens is 1. The summed E-state index contributed by atoms with van der Waals surface area (Å²) in [5.74, 6) is -2.25. The number of rotatable bonds is 6. The molecule has 0 bridgehead atoms. The Labute approximate surface area is 144 Å². The van der Waals surface area contributed by atoms with E-state index in [-0.39, 0.29) is 5.56 Å². The average molecular weight is 344 g/mol. The van der Waals surface area contributed by atoms with Gasteiger partial charge >= 0.3 is 5.97 Å². The Bertz CT molecular complexity index is 747. The smallest absolute Gasteiger partial charge is 0.326 e. The second-order valence-corrected chi connectivity index (χ2v) is 5.18. The molecular formula is C18H17FN2O4. The predicted molar refractivity (Wildman–Crippen MR) is 89.4 cm³/mol. The number of esters is 1. The van der Waals surface area contributed by atoms with Gasteiger partial charge in [0.25, 0.3) is 11.8 Å². The number of hydrogen-bond donors (Lipinski definition) is 2. The number of carbonyl (C=O) groups is 3. The monoisotopic (exact) mass is 344 g/mol. The number of hydrogen-bond acceptors (Lipinski definition) is 4. The number of amides is 2. The molecular weight excluding hydrogens is 327 g/mol. The molecule has 2 amide bonds. The molecule has 7 heteroatoms. The molecule has 0 aliphatic carbocycles. The number of carbonyl (C=O) groups excluding carboxylic acids is 3. The summed E-state index contributed by atoms with van der Waals surface area (Å²) in [7, 11) is 0. The first-order chi connectivity index (χ1) is 12.0. The lowest BCUT2D eigenvalue weighted by Gasteiger charge is -2.13. The zero-order valence-corrected chi connectivity index (χ0v) is 13.5. The molecule has 0 fully saturated rings. The van der Waals surface area contributed by atoms with Crippen LogP contribution in [0.2, 0.25) is 0 Å². The number of para-hydroxylation sites is 1. The molecule has 2 aromatic carbocycles. The van der Waals surface area contributed by atoms with Crippen molar-refractivity contribution in [2.45, 2.75) is 13.0 Å². The van der Waals surface area contributed by atoms with E-state index in [1.807, 2.05) is 6.07 Å². The van der Waals surface area contributed by atoms with E-state index < -0.39 is 36.2 Å². The van der Waals surface area contributed by atoms with Crippen LogP contribution in [0.15, 0.2) is 54.6 Å². The van der Waals surface area contributed by atoms with Crippen LogP contribution in [0.5, 0.6) is 0 Å². The van der Waals surface area contributed by atoms with E-state index >= 15 is 0 Å². The van der Waals surface area contributed by atoms with Gasteiger partial charge < -0.3 is 15.4 Å². The molecule has 2 aromatic rings. The molecule has 0 spiro atoms. The first kappa shape index (κ1) is 18.1. The van der Waals surface area contributed by atoms with Gasteiger partial charge in [0, 0.05) is 11.3 Å². The molecule has 0 saturated carbocycles. The SMILES string of the molecule is C[C@@H](OC(=O)CNC(=O)c1ccc(F)cc1)C(=O)Nc1ccccc1. The van der Waals surface area contributed by atoms with Crippen molar-refractivity contribution in [3.05, 3.63) is 66.0 Å². The number of benzene rings is 2. The maximum absolute atomic E-state index is 12.8.